The minimum absolute atomic E-state index is 0.533. The van der Waals surface area contributed by atoms with Crippen molar-refractivity contribution >= 4 is 33.6 Å². The van der Waals surface area contributed by atoms with Gasteiger partial charge in [-0.25, -0.2) is 9.97 Å². The lowest BCUT2D eigenvalue weighted by atomic mass is 10.4. The lowest BCUT2D eigenvalue weighted by molar-refractivity contribution is 0.0454. The third-order valence-electron chi connectivity index (χ3n) is 1.82. The fraction of sp³-hybridized carbons (Fsp3) is 0.500. The van der Waals surface area contributed by atoms with Crippen molar-refractivity contribution in [2.75, 3.05) is 25.6 Å². The van der Waals surface area contributed by atoms with E-state index < -0.39 is 0 Å². The Bertz CT molecular complexity index is 332. The van der Waals surface area contributed by atoms with E-state index in [1.807, 2.05) is 7.05 Å². The van der Waals surface area contributed by atoms with Gasteiger partial charge in [-0.05, 0) is 15.9 Å². The lowest BCUT2D eigenvalue weighted by Crippen LogP contribution is -2.30. The standard InChI is InChI=1S/C8H10BrN3OS/c1-10-8-11-2-6(9)7(12-8)14-5-3-13-4-5/h2,5H,3-4H2,1H3,(H,10,11,12). The van der Waals surface area contributed by atoms with Gasteiger partial charge in [-0.15, -0.1) is 0 Å². The summed E-state index contributed by atoms with van der Waals surface area (Å²) in [5, 5.41) is 4.42. The molecule has 6 heteroatoms. The highest BCUT2D eigenvalue weighted by Gasteiger charge is 2.21. The molecule has 0 aliphatic carbocycles. The maximum absolute atomic E-state index is 5.11. The first kappa shape index (κ1) is 10.2. The number of aromatic nitrogens is 2. The summed E-state index contributed by atoms with van der Waals surface area (Å²) in [5.74, 6) is 0.649. The quantitative estimate of drug-likeness (QED) is 0.853. The molecule has 0 unspecified atom stereocenters. The fourth-order valence-corrected chi connectivity index (χ4v) is 2.41. The second kappa shape index (κ2) is 4.46. The van der Waals surface area contributed by atoms with E-state index >= 15 is 0 Å². The van der Waals surface area contributed by atoms with Crippen LogP contribution in [0.3, 0.4) is 0 Å². The smallest absolute Gasteiger partial charge is 0.223 e. The SMILES string of the molecule is CNc1ncc(Br)c(SC2COC2)n1. The van der Waals surface area contributed by atoms with Gasteiger partial charge >= 0.3 is 0 Å². The van der Waals surface area contributed by atoms with Gasteiger partial charge in [0.2, 0.25) is 5.95 Å². The number of hydrogen-bond donors (Lipinski definition) is 1. The van der Waals surface area contributed by atoms with Crippen molar-refractivity contribution in [3.8, 4) is 0 Å². The molecule has 2 heterocycles. The van der Waals surface area contributed by atoms with E-state index in [-0.39, 0.29) is 0 Å². The molecule has 0 saturated carbocycles. The molecule has 4 nitrogen and oxygen atoms in total. The van der Waals surface area contributed by atoms with E-state index in [4.69, 9.17) is 4.74 Å². The molecule has 14 heavy (non-hydrogen) atoms. The minimum Gasteiger partial charge on any atom is -0.379 e. The average molecular weight is 276 g/mol. The van der Waals surface area contributed by atoms with E-state index in [0.717, 1.165) is 22.7 Å². The second-order valence-corrected chi connectivity index (χ2v) is 5.02. The molecule has 2 rings (SSSR count). The summed E-state index contributed by atoms with van der Waals surface area (Å²) in [6, 6.07) is 0. The zero-order chi connectivity index (χ0) is 9.97. The minimum atomic E-state index is 0.533. The largest absolute Gasteiger partial charge is 0.379 e. The Morgan fingerprint density at radius 1 is 1.64 bits per heavy atom. The van der Waals surface area contributed by atoms with Gasteiger partial charge in [0.1, 0.15) is 5.03 Å². The monoisotopic (exact) mass is 275 g/mol. The van der Waals surface area contributed by atoms with Gasteiger partial charge < -0.3 is 10.1 Å². The van der Waals surface area contributed by atoms with E-state index in [0.29, 0.717) is 11.2 Å². The molecule has 1 N–H and O–H groups in total. The van der Waals surface area contributed by atoms with E-state index in [1.54, 1.807) is 18.0 Å². The van der Waals surface area contributed by atoms with Gasteiger partial charge in [0.05, 0.1) is 22.9 Å². The molecular weight excluding hydrogens is 266 g/mol. The topological polar surface area (TPSA) is 47.0 Å². The van der Waals surface area contributed by atoms with Crippen molar-refractivity contribution < 1.29 is 4.74 Å². The zero-order valence-corrected chi connectivity index (χ0v) is 10.1. The van der Waals surface area contributed by atoms with Gasteiger partial charge in [-0.3, -0.25) is 0 Å². The van der Waals surface area contributed by atoms with Crippen LogP contribution in [0, 0.1) is 0 Å². The Hall–Kier alpha value is -0.330. The molecule has 0 spiro atoms. The molecule has 0 aromatic carbocycles. The molecule has 0 radical (unpaired) electrons. The molecule has 1 aliphatic rings. The number of anilines is 1. The third-order valence-corrected chi connectivity index (χ3v) is 3.80. The van der Waals surface area contributed by atoms with Crippen LogP contribution in [0.15, 0.2) is 15.7 Å². The molecular formula is C8H10BrN3OS. The van der Waals surface area contributed by atoms with Gasteiger partial charge in [-0.2, -0.15) is 0 Å². The molecule has 1 aromatic heterocycles. The highest BCUT2D eigenvalue weighted by atomic mass is 79.9. The third kappa shape index (κ3) is 2.18. The molecule has 1 fully saturated rings. The van der Waals surface area contributed by atoms with Crippen LogP contribution in [0.5, 0.6) is 0 Å². The molecule has 1 saturated heterocycles. The predicted molar refractivity (Wildman–Crippen MR) is 59.7 cm³/mol. The van der Waals surface area contributed by atoms with Crippen LogP contribution >= 0.6 is 27.7 Å². The van der Waals surface area contributed by atoms with Crippen LogP contribution in [0.2, 0.25) is 0 Å². The lowest BCUT2D eigenvalue weighted by Gasteiger charge is -2.24. The van der Waals surface area contributed by atoms with Crippen molar-refractivity contribution in [3.05, 3.63) is 10.7 Å². The van der Waals surface area contributed by atoms with Crippen LogP contribution < -0.4 is 5.32 Å². The van der Waals surface area contributed by atoms with Crippen LogP contribution in [0.25, 0.3) is 0 Å². The van der Waals surface area contributed by atoms with Crippen molar-refractivity contribution in [1.82, 2.24) is 9.97 Å². The summed E-state index contributed by atoms with van der Waals surface area (Å²) in [4.78, 5) is 8.45. The summed E-state index contributed by atoms with van der Waals surface area (Å²) in [6.45, 7) is 1.63. The van der Waals surface area contributed by atoms with E-state index in [1.165, 1.54) is 0 Å². The Balaban J connectivity index is 2.13. The maximum atomic E-state index is 5.11. The number of halogens is 1. The van der Waals surface area contributed by atoms with E-state index in [9.17, 15) is 0 Å². The number of nitrogens with one attached hydrogen (secondary N) is 1. The van der Waals surface area contributed by atoms with Gasteiger partial charge in [0, 0.05) is 13.2 Å². The first-order valence-electron chi connectivity index (χ1n) is 4.24. The molecule has 0 amide bonds. The summed E-state index contributed by atoms with van der Waals surface area (Å²) in [7, 11) is 1.81. The molecule has 1 aromatic rings. The van der Waals surface area contributed by atoms with Gasteiger partial charge in [0.15, 0.2) is 0 Å². The van der Waals surface area contributed by atoms with Crippen LogP contribution in [-0.4, -0.2) is 35.5 Å². The Labute approximate surface area is 95.0 Å². The highest BCUT2D eigenvalue weighted by Crippen LogP contribution is 2.31. The van der Waals surface area contributed by atoms with Crippen LogP contribution in [0.4, 0.5) is 5.95 Å². The van der Waals surface area contributed by atoms with Crippen LogP contribution in [-0.2, 0) is 4.74 Å². The van der Waals surface area contributed by atoms with Crippen LogP contribution in [0.1, 0.15) is 0 Å². The van der Waals surface area contributed by atoms with Gasteiger partial charge in [-0.1, -0.05) is 11.8 Å². The van der Waals surface area contributed by atoms with Crippen molar-refractivity contribution in [1.29, 1.82) is 0 Å². The second-order valence-electron chi connectivity index (χ2n) is 2.87. The number of nitrogens with zero attached hydrogens (tertiary/aromatic N) is 2. The first-order chi connectivity index (χ1) is 6.79. The molecule has 1 aliphatic heterocycles. The first-order valence-corrected chi connectivity index (χ1v) is 5.91. The summed E-state index contributed by atoms with van der Waals surface area (Å²) >= 11 is 5.15. The highest BCUT2D eigenvalue weighted by molar-refractivity contribution is 9.10. The summed E-state index contributed by atoms with van der Waals surface area (Å²) in [6.07, 6.45) is 1.76. The maximum Gasteiger partial charge on any atom is 0.223 e. The van der Waals surface area contributed by atoms with Gasteiger partial charge in [0.25, 0.3) is 0 Å². The normalized spacial score (nSPS) is 16.4. The molecule has 76 valence electrons. The summed E-state index contributed by atoms with van der Waals surface area (Å²) in [5.41, 5.74) is 0. The number of rotatable bonds is 3. The fourth-order valence-electron chi connectivity index (χ4n) is 0.995. The Morgan fingerprint density at radius 3 is 3.00 bits per heavy atom. The van der Waals surface area contributed by atoms with Crippen molar-refractivity contribution in [2.45, 2.75) is 10.3 Å². The molecule has 0 atom stereocenters. The van der Waals surface area contributed by atoms with Crippen molar-refractivity contribution in [2.24, 2.45) is 0 Å². The number of hydrogen-bond acceptors (Lipinski definition) is 5. The Morgan fingerprint density at radius 2 is 2.43 bits per heavy atom. The summed E-state index contributed by atoms with van der Waals surface area (Å²) < 4.78 is 6.05. The average Bonchev–Trinajstić information content (AvgIpc) is 2.14. The molecule has 0 bridgehead atoms. The number of ether oxygens (including phenoxy) is 1. The predicted octanol–water partition coefficient (Wildman–Crippen LogP) is 1.77. The Kier molecular flexibility index (Phi) is 3.25. The number of thioether (sulfide) groups is 1. The van der Waals surface area contributed by atoms with E-state index in [2.05, 4.69) is 31.2 Å². The zero-order valence-electron chi connectivity index (χ0n) is 7.66. The van der Waals surface area contributed by atoms with Crippen molar-refractivity contribution in [3.63, 3.8) is 0 Å².